The molecule has 3 aromatic carbocycles. The van der Waals surface area contributed by atoms with E-state index in [0.29, 0.717) is 48.1 Å². The number of ketones is 1. The lowest BCUT2D eigenvalue weighted by atomic mass is 9.88. The number of aliphatic hydroxyl groups is 1. The van der Waals surface area contributed by atoms with Crippen molar-refractivity contribution in [1.29, 1.82) is 0 Å². The molecule has 0 saturated heterocycles. The van der Waals surface area contributed by atoms with Crippen LogP contribution in [0.2, 0.25) is 0 Å². The molecule has 2 aliphatic rings. The number of ether oxygens (including phenoxy) is 2. The van der Waals surface area contributed by atoms with E-state index in [1.54, 1.807) is 35.2 Å². The summed E-state index contributed by atoms with van der Waals surface area (Å²) < 4.78 is 11.8. The lowest BCUT2D eigenvalue weighted by molar-refractivity contribution is -0.136. The van der Waals surface area contributed by atoms with Gasteiger partial charge in [0.05, 0.1) is 18.7 Å². The molecule has 7 heteroatoms. The zero-order chi connectivity index (χ0) is 23.2. The fourth-order valence-corrected chi connectivity index (χ4v) is 4.76. The van der Waals surface area contributed by atoms with E-state index in [2.05, 4.69) is 15.9 Å². The van der Waals surface area contributed by atoms with Gasteiger partial charge in [0.2, 0.25) is 0 Å². The fourth-order valence-electron chi connectivity index (χ4n) is 4.39. The second-order valence-electron chi connectivity index (χ2n) is 8.36. The highest BCUT2D eigenvalue weighted by atomic mass is 79.9. The van der Waals surface area contributed by atoms with Crippen LogP contribution in [0, 0.1) is 6.92 Å². The number of amides is 1. The number of fused-ring (bicyclic) bond motifs is 2. The third-order valence-corrected chi connectivity index (χ3v) is 6.49. The zero-order valence-electron chi connectivity index (χ0n) is 18.0. The normalized spacial score (nSPS) is 18.9. The molecule has 1 N–H and O–H groups in total. The van der Waals surface area contributed by atoms with Crippen LogP contribution < -0.4 is 14.4 Å². The number of hydrogen-bond acceptors (Lipinski definition) is 5. The highest BCUT2D eigenvalue weighted by molar-refractivity contribution is 9.10. The van der Waals surface area contributed by atoms with Crippen LogP contribution >= 0.6 is 15.9 Å². The third-order valence-electron chi connectivity index (χ3n) is 6.00. The molecule has 2 heterocycles. The van der Waals surface area contributed by atoms with Crippen LogP contribution in [-0.4, -0.2) is 30.0 Å². The van der Waals surface area contributed by atoms with Crippen molar-refractivity contribution in [2.75, 3.05) is 18.1 Å². The number of hydrogen-bond donors (Lipinski definition) is 1. The van der Waals surface area contributed by atoms with Crippen LogP contribution in [0.15, 0.2) is 65.1 Å². The van der Waals surface area contributed by atoms with Gasteiger partial charge in [0, 0.05) is 15.6 Å². The van der Waals surface area contributed by atoms with Crippen LogP contribution in [0.25, 0.3) is 0 Å². The van der Waals surface area contributed by atoms with Gasteiger partial charge in [-0.2, -0.15) is 0 Å². The average Bonchev–Trinajstić information content (AvgIpc) is 3.00. The molecule has 0 aromatic heterocycles. The van der Waals surface area contributed by atoms with Crippen LogP contribution in [-0.2, 0) is 16.9 Å². The number of rotatable bonds is 5. The molecule has 0 bridgehead atoms. The van der Waals surface area contributed by atoms with Gasteiger partial charge in [0.25, 0.3) is 5.91 Å². The minimum absolute atomic E-state index is 0.301. The van der Waals surface area contributed by atoms with Gasteiger partial charge in [-0.05, 0) is 48.9 Å². The molecule has 0 radical (unpaired) electrons. The zero-order valence-corrected chi connectivity index (χ0v) is 19.6. The van der Waals surface area contributed by atoms with E-state index >= 15 is 0 Å². The van der Waals surface area contributed by atoms with Gasteiger partial charge in [-0.1, -0.05) is 45.8 Å². The molecule has 6 nitrogen and oxygen atoms in total. The maximum atomic E-state index is 13.5. The quantitative estimate of drug-likeness (QED) is 0.513. The molecule has 1 amide bonds. The Morgan fingerprint density at radius 2 is 1.85 bits per heavy atom. The first-order valence-electron chi connectivity index (χ1n) is 10.7. The van der Waals surface area contributed by atoms with Gasteiger partial charge >= 0.3 is 0 Å². The van der Waals surface area contributed by atoms with E-state index < -0.39 is 11.5 Å². The van der Waals surface area contributed by atoms with Crippen molar-refractivity contribution in [3.63, 3.8) is 0 Å². The fraction of sp³-hybridized carbons (Fsp3) is 0.231. The molecule has 0 fully saturated rings. The second-order valence-corrected chi connectivity index (χ2v) is 9.28. The summed E-state index contributed by atoms with van der Waals surface area (Å²) in [7, 11) is 0. The molecular formula is C26H22BrNO5. The molecule has 1 unspecified atom stereocenters. The summed E-state index contributed by atoms with van der Waals surface area (Å²) in [6.07, 6.45) is -0.376. The lowest BCUT2D eigenvalue weighted by Gasteiger charge is -2.23. The number of aryl methyl sites for hydroxylation is 1. The van der Waals surface area contributed by atoms with Gasteiger partial charge in [0.1, 0.15) is 13.2 Å². The summed E-state index contributed by atoms with van der Waals surface area (Å²) in [5.74, 6) is 0.197. The first kappa shape index (κ1) is 21.7. The molecule has 5 rings (SSSR count). The summed E-state index contributed by atoms with van der Waals surface area (Å²) >= 11 is 3.43. The summed E-state index contributed by atoms with van der Waals surface area (Å²) in [6, 6.07) is 18.1. The predicted octanol–water partition coefficient (Wildman–Crippen LogP) is 4.54. The molecule has 3 aromatic rings. The standard InChI is InChI=1S/C26H22BrNO5/c1-16-3-2-4-17(11-16)15-28-21-7-6-19(27)13-20(21)26(31,25(28)30)14-22(29)18-5-8-23-24(12-18)33-10-9-32-23/h2-8,11-13,31H,9-10,14-15H2,1H3. The monoisotopic (exact) mass is 507 g/mol. The Labute approximate surface area is 199 Å². The van der Waals surface area contributed by atoms with E-state index in [-0.39, 0.29) is 12.2 Å². The Hall–Kier alpha value is -3.16. The SMILES string of the molecule is Cc1cccc(CN2C(=O)C(O)(CC(=O)c3ccc4c(c3)OCCO4)c3cc(Br)ccc32)c1. The Morgan fingerprint density at radius 3 is 2.64 bits per heavy atom. The lowest BCUT2D eigenvalue weighted by Crippen LogP contribution is -2.41. The average molecular weight is 508 g/mol. The number of carbonyl (C=O) groups excluding carboxylic acids is 2. The summed E-state index contributed by atoms with van der Waals surface area (Å²) in [5.41, 5.74) is 1.43. The highest BCUT2D eigenvalue weighted by Gasteiger charge is 2.51. The largest absolute Gasteiger partial charge is 0.486 e. The van der Waals surface area contributed by atoms with Crippen molar-refractivity contribution >= 4 is 33.3 Å². The van der Waals surface area contributed by atoms with Gasteiger partial charge in [-0.25, -0.2) is 0 Å². The van der Waals surface area contributed by atoms with Gasteiger partial charge in [-0.15, -0.1) is 0 Å². The van der Waals surface area contributed by atoms with Crippen LogP contribution in [0.1, 0.15) is 33.5 Å². The smallest absolute Gasteiger partial charge is 0.264 e. The van der Waals surface area contributed by atoms with Crippen LogP contribution in [0.5, 0.6) is 11.5 Å². The maximum Gasteiger partial charge on any atom is 0.264 e. The summed E-state index contributed by atoms with van der Waals surface area (Å²) in [6.45, 7) is 3.15. The van der Waals surface area contributed by atoms with Crippen molar-refractivity contribution in [1.82, 2.24) is 0 Å². The van der Waals surface area contributed by atoms with Crippen molar-refractivity contribution < 1.29 is 24.2 Å². The number of carbonyl (C=O) groups is 2. The van der Waals surface area contributed by atoms with Crippen molar-refractivity contribution in [3.05, 3.63) is 87.4 Å². The predicted molar refractivity (Wildman–Crippen MR) is 127 cm³/mol. The topological polar surface area (TPSA) is 76.1 Å². The van der Waals surface area contributed by atoms with Gasteiger partial charge < -0.3 is 19.5 Å². The Bertz CT molecular complexity index is 1270. The van der Waals surface area contributed by atoms with E-state index in [0.717, 1.165) is 15.6 Å². The number of anilines is 1. The first-order valence-corrected chi connectivity index (χ1v) is 11.5. The molecule has 33 heavy (non-hydrogen) atoms. The number of benzene rings is 3. The minimum atomic E-state index is -1.96. The van der Waals surface area contributed by atoms with Crippen LogP contribution in [0.3, 0.4) is 0 Å². The first-order chi connectivity index (χ1) is 15.8. The van der Waals surface area contributed by atoms with Crippen molar-refractivity contribution in [3.8, 4) is 11.5 Å². The molecule has 1 atom stereocenters. The van der Waals surface area contributed by atoms with Gasteiger partial charge in [0.15, 0.2) is 22.9 Å². The van der Waals surface area contributed by atoms with E-state index in [9.17, 15) is 14.7 Å². The molecule has 0 aliphatic carbocycles. The Balaban J connectivity index is 1.48. The molecule has 0 saturated carbocycles. The Kier molecular flexibility index (Phi) is 5.46. The van der Waals surface area contributed by atoms with E-state index in [1.165, 1.54) is 0 Å². The second kappa shape index (κ2) is 8.32. The van der Waals surface area contributed by atoms with Crippen molar-refractivity contribution in [2.45, 2.75) is 25.5 Å². The Morgan fingerprint density at radius 1 is 1.06 bits per heavy atom. The molecule has 0 spiro atoms. The molecule has 168 valence electrons. The summed E-state index contributed by atoms with van der Waals surface area (Å²) in [4.78, 5) is 28.3. The summed E-state index contributed by atoms with van der Waals surface area (Å²) in [5, 5.41) is 11.6. The molecular weight excluding hydrogens is 486 g/mol. The number of Topliss-reactive ketones (excluding diaryl/α,β-unsaturated/α-hetero) is 1. The highest BCUT2D eigenvalue weighted by Crippen LogP contribution is 2.45. The van der Waals surface area contributed by atoms with Gasteiger partial charge in [-0.3, -0.25) is 9.59 Å². The number of nitrogens with zero attached hydrogens (tertiary/aromatic N) is 1. The van der Waals surface area contributed by atoms with Crippen LogP contribution in [0.4, 0.5) is 5.69 Å². The third kappa shape index (κ3) is 3.92. The maximum absolute atomic E-state index is 13.5. The van der Waals surface area contributed by atoms with Crippen molar-refractivity contribution in [2.24, 2.45) is 0 Å². The minimum Gasteiger partial charge on any atom is -0.486 e. The van der Waals surface area contributed by atoms with E-state index in [4.69, 9.17) is 9.47 Å². The number of halogens is 1. The molecule has 2 aliphatic heterocycles. The van der Waals surface area contributed by atoms with E-state index in [1.807, 2.05) is 37.3 Å².